The van der Waals surface area contributed by atoms with E-state index in [2.05, 4.69) is 0 Å². The van der Waals surface area contributed by atoms with Crippen LogP contribution >= 0.6 is 11.8 Å². The number of ether oxygens (including phenoxy) is 1. The lowest BCUT2D eigenvalue weighted by atomic mass is 10.1. The van der Waals surface area contributed by atoms with Crippen LogP contribution in [0.15, 0.2) is 22.0 Å². The quantitative estimate of drug-likeness (QED) is 0.629. The Hall–Kier alpha value is -1.25. The van der Waals surface area contributed by atoms with Crippen molar-refractivity contribution in [2.24, 2.45) is 0 Å². The summed E-state index contributed by atoms with van der Waals surface area (Å²) in [6.45, 7) is 1.39. The Morgan fingerprint density at radius 1 is 1.42 bits per heavy atom. The monoisotopic (exact) mass is 276 g/mol. The lowest BCUT2D eigenvalue weighted by Gasteiger charge is -2.25. The second-order valence-electron chi connectivity index (χ2n) is 5.19. The molecule has 1 aliphatic carbocycles. The van der Waals surface area contributed by atoms with Gasteiger partial charge in [-0.15, -0.1) is 0 Å². The van der Waals surface area contributed by atoms with E-state index in [1.807, 2.05) is 17.7 Å². The molecule has 19 heavy (non-hydrogen) atoms. The zero-order valence-corrected chi connectivity index (χ0v) is 11.5. The van der Waals surface area contributed by atoms with E-state index in [0.29, 0.717) is 17.4 Å². The average Bonchev–Trinajstić information content (AvgIpc) is 3.27. The molecule has 2 heterocycles. The van der Waals surface area contributed by atoms with Crippen LogP contribution < -0.4 is 5.56 Å². The van der Waals surface area contributed by atoms with Gasteiger partial charge >= 0.3 is 0 Å². The topological polar surface area (TPSA) is 55.0 Å². The van der Waals surface area contributed by atoms with Crippen LogP contribution in [0, 0.1) is 10.7 Å². The van der Waals surface area contributed by atoms with Crippen LogP contribution in [0.2, 0.25) is 0 Å². The molecular formula is C14H16N2O2S. The van der Waals surface area contributed by atoms with Crippen molar-refractivity contribution >= 4 is 11.8 Å². The van der Waals surface area contributed by atoms with Crippen molar-refractivity contribution in [2.45, 2.75) is 42.5 Å². The highest BCUT2D eigenvalue weighted by molar-refractivity contribution is 8.03. The smallest absolute Gasteiger partial charge is 0.265 e. The second-order valence-corrected chi connectivity index (χ2v) is 6.02. The molecule has 0 N–H and O–H groups in total. The third-order valence-corrected chi connectivity index (χ3v) is 4.37. The summed E-state index contributed by atoms with van der Waals surface area (Å²) < 4.78 is 7.27. The lowest BCUT2D eigenvalue weighted by molar-refractivity contribution is 0.0576. The molecule has 2 fully saturated rings. The minimum atomic E-state index is -0.0496. The fourth-order valence-electron chi connectivity index (χ4n) is 2.57. The molecule has 2 aliphatic rings. The average molecular weight is 276 g/mol. The third-order valence-electron chi connectivity index (χ3n) is 3.77. The second kappa shape index (κ2) is 5.40. The number of thiocyanates is 1. The van der Waals surface area contributed by atoms with Crippen LogP contribution in [0.4, 0.5) is 0 Å². The summed E-state index contributed by atoms with van der Waals surface area (Å²) in [5.74, 6) is 0.578. The van der Waals surface area contributed by atoms with Gasteiger partial charge in [-0.3, -0.25) is 4.79 Å². The van der Waals surface area contributed by atoms with Gasteiger partial charge in [0.05, 0.1) is 17.5 Å². The van der Waals surface area contributed by atoms with E-state index >= 15 is 0 Å². The van der Waals surface area contributed by atoms with Gasteiger partial charge in [0.15, 0.2) is 0 Å². The Labute approximate surface area is 116 Å². The molecule has 0 spiro atoms. The number of aromatic nitrogens is 1. The SMILES string of the molecule is N#CSc1cc(C2CC2)cn(C2CCCOC2)c1=O. The Kier molecular flexibility index (Phi) is 3.63. The molecule has 0 aromatic carbocycles. The molecule has 1 saturated heterocycles. The molecule has 1 aromatic rings. The molecule has 1 unspecified atom stereocenters. The fraction of sp³-hybridized carbons (Fsp3) is 0.571. The van der Waals surface area contributed by atoms with Gasteiger partial charge in [0.1, 0.15) is 5.40 Å². The maximum Gasteiger partial charge on any atom is 0.265 e. The summed E-state index contributed by atoms with van der Waals surface area (Å²) >= 11 is 0.971. The number of nitrogens with zero attached hydrogens (tertiary/aromatic N) is 2. The summed E-state index contributed by atoms with van der Waals surface area (Å²) in [6, 6.07) is 2.02. The van der Waals surface area contributed by atoms with Crippen molar-refractivity contribution in [2.75, 3.05) is 13.2 Å². The summed E-state index contributed by atoms with van der Waals surface area (Å²) in [5, 5.41) is 10.8. The van der Waals surface area contributed by atoms with Crippen LogP contribution in [0.1, 0.15) is 43.2 Å². The highest BCUT2D eigenvalue weighted by atomic mass is 32.2. The van der Waals surface area contributed by atoms with Gasteiger partial charge in [0.25, 0.3) is 5.56 Å². The lowest BCUT2D eigenvalue weighted by Crippen LogP contribution is -2.31. The first-order valence-electron chi connectivity index (χ1n) is 6.69. The van der Waals surface area contributed by atoms with Gasteiger partial charge in [0.2, 0.25) is 0 Å². The number of rotatable bonds is 3. The van der Waals surface area contributed by atoms with Gasteiger partial charge in [-0.25, -0.2) is 0 Å². The number of hydrogen-bond acceptors (Lipinski definition) is 4. The van der Waals surface area contributed by atoms with Crippen molar-refractivity contribution in [3.63, 3.8) is 0 Å². The van der Waals surface area contributed by atoms with Crippen LogP contribution in [-0.2, 0) is 4.74 Å². The molecule has 5 heteroatoms. The van der Waals surface area contributed by atoms with E-state index in [-0.39, 0.29) is 11.6 Å². The van der Waals surface area contributed by atoms with Crippen molar-refractivity contribution in [1.29, 1.82) is 5.26 Å². The van der Waals surface area contributed by atoms with Crippen LogP contribution in [0.3, 0.4) is 0 Å². The molecule has 4 nitrogen and oxygen atoms in total. The van der Waals surface area contributed by atoms with E-state index in [4.69, 9.17) is 10.00 Å². The van der Waals surface area contributed by atoms with E-state index in [0.717, 1.165) is 31.2 Å². The highest BCUT2D eigenvalue weighted by Gasteiger charge is 2.27. The summed E-state index contributed by atoms with van der Waals surface area (Å²) in [5.41, 5.74) is 1.15. The van der Waals surface area contributed by atoms with E-state index < -0.39 is 0 Å². The number of nitriles is 1. The Bertz CT molecular complexity index is 566. The summed E-state index contributed by atoms with van der Waals surface area (Å²) in [6.07, 6.45) is 6.34. The molecule has 0 radical (unpaired) electrons. The maximum absolute atomic E-state index is 12.4. The Morgan fingerprint density at radius 2 is 2.26 bits per heavy atom. The molecule has 100 valence electrons. The minimum absolute atomic E-state index is 0.0496. The van der Waals surface area contributed by atoms with Gasteiger partial charge in [0, 0.05) is 12.8 Å². The molecule has 1 aliphatic heterocycles. The van der Waals surface area contributed by atoms with Crippen LogP contribution in [-0.4, -0.2) is 17.8 Å². The number of hydrogen-bond donors (Lipinski definition) is 0. The van der Waals surface area contributed by atoms with Crippen molar-refractivity contribution in [3.05, 3.63) is 28.2 Å². The van der Waals surface area contributed by atoms with Crippen LogP contribution in [0.5, 0.6) is 0 Å². The maximum atomic E-state index is 12.4. The first-order chi connectivity index (χ1) is 9.29. The van der Waals surface area contributed by atoms with Gasteiger partial charge in [-0.05, 0) is 55.0 Å². The predicted molar refractivity (Wildman–Crippen MR) is 73.2 cm³/mol. The predicted octanol–water partition coefficient (Wildman–Crippen LogP) is 2.65. The highest BCUT2D eigenvalue weighted by Crippen LogP contribution is 2.40. The first-order valence-corrected chi connectivity index (χ1v) is 7.51. The first kappa shape index (κ1) is 12.8. The van der Waals surface area contributed by atoms with E-state index in [9.17, 15) is 4.79 Å². The van der Waals surface area contributed by atoms with Gasteiger partial charge in [-0.1, -0.05) is 0 Å². The molecule has 1 atom stereocenters. The summed E-state index contributed by atoms with van der Waals surface area (Å²) in [7, 11) is 0. The van der Waals surface area contributed by atoms with Crippen molar-refractivity contribution < 1.29 is 4.74 Å². The molecule has 1 saturated carbocycles. The van der Waals surface area contributed by atoms with Crippen LogP contribution in [0.25, 0.3) is 0 Å². The molecular weight excluding hydrogens is 260 g/mol. The number of thioether (sulfide) groups is 1. The fourth-order valence-corrected chi connectivity index (χ4v) is 3.06. The zero-order chi connectivity index (χ0) is 13.2. The molecule has 3 rings (SSSR count). The summed E-state index contributed by atoms with van der Waals surface area (Å²) in [4.78, 5) is 12.9. The zero-order valence-electron chi connectivity index (χ0n) is 10.7. The van der Waals surface area contributed by atoms with E-state index in [1.165, 1.54) is 18.4 Å². The van der Waals surface area contributed by atoms with Gasteiger partial charge < -0.3 is 9.30 Å². The Morgan fingerprint density at radius 3 is 2.89 bits per heavy atom. The van der Waals surface area contributed by atoms with E-state index in [1.54, 1.807) is 4.57 Å². The molecule has 0 bridgehead atoms. The third kappa shape index (κ3) is 2.70. The number of pyridine rings is 1. The largest absolute Gasteiger partial charge is 0.379 e. The molecule has 0 amide bonds. The van der Waals surface area contributed by atoms with Crippen molar-refractivity contribution in [1.82, 2.24) is 4.57 Å². The van der Waals surface area contributed by atoms with Gasteiger partial charge in [-0.2, -0.15) is 5.26 Å². The standard InChI is InChI=1S/C14H16N2O2S/c15-9-19-13-6-11(10-3-4-10)7-16(14(13)17)12-2-1-5-18-8-12/h6-7,10,12H,1-5,8H2. The normalized spacial score (nSPS) is 23.0. The van der Waals surface area contributed by atoms with Crippen molar-refractivity contribution in [3.8, 4) is 5.40 Å². The minimum Gasteiger partial charge on any atom is -0.379 e. The molecule has 1 aromatic heterocycles. The Balaban J connectivity index is 2.00.